The zero-order chi connectivity index (χ0) is 17.7. The number of fused-ring (bicyclic) bond motifs is 1. The molecule has 0 aliphatic carbocycles. The molecule has 126 valence electrons. The van der Waals surface area contributed by atoms with E-state index < -0.39 is 23.8 Å². The van der Waals surface area contributed by atoms with Crippen LogP contribution in [0.1, 0.15) is 45.1 Å². The lowest BCUT2D eigenvalue weighted by molar-refractivity contribution is -0.187. The van der Waals surface area contributed by atoms with Crippen molar-refractivity contribution in [3.63, 3.8) is 0 Å². The van der Waals surface area contributed by atoms with Gasteiger partial charge in [-0.25, -0.2) is 4.79 Å². The van der Waals surface area contributed by atoms with Crippen molar-refractivity contribution >= 4 is 12.0 Å². The van der Waals surface area contributed by atoms with Gasteiger partial charge in [0.15, 0.2) is 0 Å². The summed E-state index contributed by atoms with van der Waals surface area (Å²) in [7, 11) is 0. The average molecular weight is 329 g/mol. The lowest BCUT2D eigenvalue weighted by Gasteiger charge is -2.27. The predicted octanol–water partition coefficient (Wildman–Crippen LogP) is 4.60. The fraction of sp³-hybridized carbons (Fsp3) is 0.471. The number of alkyl halides is 3. The number of rotatable bonds is 6. The van der Waals surface area contributed by atoms with Crippen LogP contribution in [0.15, 0.2) is 23.8 Å². The molecule has 1 heterocycles. The van der Waals surface area contributed by atoms with Crippen molar-refractivity contribution in [3.05, 3.63) is 34.9 Å². The monoisotopic (exact) mass is 329 g/mol. The van der Waals surface area contributed by atoms with Crippen molar-refractivity contribution in [3.8, 4) is 5.75 Å². The number of halogens is 3. The molecule has 1 aliphatic rings. The van der Waals surface area contributed by atoms with E-state index in [4.69, 9.17) is 11.2 Å². The van der Waals surface area contributed by atoms with Gasteiger partial charge in [-0.3, -0.25) is 0 Å². The molecular formula is C17H19F3O3. The Morgan fingerprint density at radius 2 is 2.13 bits per heavy atom. The van der Waals surface area contributed by atoms with Gasteiger partial charge in [-0.2, -0.15) is 13.2 Å². The van der Waals surface area contributed by atoms with E-state index in [2.05, 4.69) is 0 Å². The highest BCUT2D eigenvalue weighted by atomic mass is 19.4. The number of hydrogen-bond acceptors (Lipinski definition) is 2. The highest BCUT2D eigenvalue weighted by molar-refractivity contribution is 5.95. The Hall–Kier alpha value is -1.98. The van der Waals surface area contributed by atoms with Gasteiger partial charge in [0.25, 0.3) is 0 Å². The van der Waals surface area contributed by atoms with Gasteiger partial charge < -0.3 is 9.84 Å². The van der Waals surface area contributed by atoms with Crippen LogP contribution in [0.25, 0.3) is 6.08 Å². The van der Waals surface area contributed by atoms with Crippen molar-refractivity contribution in [2.24, 2.45) is 0 Å². The summed E-state index contributed by atoms with van der Waals surface area (Å²) in [5.41, 5.74) is 0.386. The number of unbranched alkanes of at least 4 members (excludes halogenated alkanes) is 3. The van der Waals surface area contributed by atoms with Crippen LogP contribution in [0.5, 0.6) is 5.75 Å². The SMILES string of the molecule is [2H]CCCCCCc1ccc2c(c1)OC(C(F)(F)F)C(C(=O)O)=C2. The molecule has 0 aromatic heterocycles. The van der Waals surface area contributed by atoms with E-state index in [1.807, 2.05) is 0 Å². The quantitative estimate of drug-likeness (QED) is 0.776. The standard InChI is InChI=1S/C17H19F3O3/c1-2-3-4-5-6-11-7-8-12-10-13(16(21)22)15(17(18,19)20)23-14(12)9-11/h7-10,15H,2-6H2,1H3,(H,21,22)/i1D. The van der Waals surface area contributed by atoms with E-state index >= 15 is 0 Å². The zero-order valence-corrected chi connectivity index (χ0v) is 12.5. The predicted molar refractivity (Wildman–Crippen MR) is 80.4 cm³/mol. The summed E-state index contributed by atoms with van der Waals surface area (Å²) in [4.78, 5) is 11.1. The molecule has 1 N–H and O–H groups in total. The third-order valence-corrected chi connectivity index (χ3v) is 3.68. The number of aryl methyl sites for hydroxylation is 1. The summed E-state index contributed by atoms with van der Waals surface area (Å²) in [6.07, 6.45) is -1.83. The number of carboxylic acids is 1. The summed E-state index contributed by atoms with van der Waals surface area (Å²) in [5, 5.41) is 8.98. The maximum Gasteiger partial charge on any atom is 0.430 e. The summed E-state index contributed by atoms with van der Waals surface area (Å²) < 4.78 is 51.1. The molecule has 6 heteroatoms. The molecule has 0 spiro atoms. The second-order valence-electron chi connectivity index (χ2n) is 5.48. The van der Waals surface area contributed by atoms with Crippen LogP contribution in [0.2, 0.25) is 0 Å². The Kier molecular flexibility index (Phi) is 4.88. The number of benzene rings is 1. The minimum absolute atomic E-state index is 0.0611. The van der Waals surface area contributed by atoms with Gasteiger partial charge in [0, 0.05) is 6.93 Å². The van der Waals surface area contributed by atoms with Crippen LogP contribution < -0.4 is 4.74 Å². The van der Waals surface area contributed by atoms with Crippen LogP contribution in [0.4, 0.5) is 13.2 Å². The number of hydrogen-bond donors (Lipinski definition) is 1. The van der Waals surface area contributed by atoms with Crippen LogP contribution in [-0.4, -0.2) is 23.4 Å². The summed E-state index contributed by atoms with van der Waals surface area (Å²) in [6, 6.07) is 4.91. The molecule has 0 radical (unpaired) electrons. The molecule has 1 unspecified atom stereocenters. The fourth-order valence-corrected chi connectivity index (χ4v) is 2.49. The first kappa shape index (κ1) is 15.9. The number of carboxylic acid groups (broad SMARTS) is 1. The van der Waals surface area contributed by atoms with E-state index in [0.29, 0.717) is 18.9 Å². The van der Waals surface area contributed by atoms with Crippen LogP contribution in [0.3, 0.4) is 0 Å². The Labute approximate surface area is 134 Å². The van der Waals surface area contributed by atoms with Gasteiger partial charge in [0.05, 0.1) is 5.57 Å². The van der Waals surface area contributed by atoms with Crippen LogP contribution in [-0.2, 0) is 11.2 Å². The lowest BCUT2D eigenvalue weighted by Crippen LogP contribution is -2.40. The van der Waals surface area contributed by atoms with E-state index in [0.717, 1.165) is 37.3 Å². The lowest BCUT2D eigenvalue weighted by atomic mass is 9.98. The first-order valence-corrected chi connectivity index (χ1v) is 7.43. The Morgan fingerprint density at radius 3 is 2.78 bits per heavy atom. The Morgan fingerprint density at radius 1 is 1.35 bits per heavy atom. The van der Waals surface area contributed by atoms with Gasteiger partial charge in [-0.15, -0.1) is 0 Å². The summed E-state index contributed by atoms with van der Waals surface area (Å²) in [6.45, 7) is 0.407. The molecule has 0 saturated heterocycles. The smallest absolute Gasteiger partial charge is 0.430 e. The van der Waals surface area contributed by atoms with E-state index in [1.165, 1.54) is 0 Å². The largest absolute Gasteiger partial charge is 0.478 e. The van der Waals surface area contributed by atoms with Crippen molar-refractivity contribution in [2.75, 3.05) is 0 Å². The molecular weight excluding hydrogens is 309 g/mol. The average Bonchev–Trinajstić information content (AvgIpc) is 2.52. The molecule has 0 fully saturated rings. The summed E-state index contributed by atoms with van der Waals surface area (Å²) >= 11 is 0. The molecule has 1 aliphatic heterocycles. The first-order valence-electron chi connectivity index (χ1n) is 8.14. The molecule has 3 nitrogen and oxygen atoms in total. The molecule has 1 aromatic rings. The van der Waals surface area contributed by atoms with Gasteiger partial charge in [0.2, 0.25) is 6.10 Å². The van der Waals surface area contributed by atoms with Crippen LogP contribution in [0, 0.1) is 0 Å². The Bertz CT molecular complexity index is 626. The van der Waals surface area contributed by atoms with Gasteiger partial charge in [0.1, 0.15) is 5.75 Å². The minimum Gasteiger partial charge on any atom is -0.478 e. The second kappa shape index (κ2) is 7.06. The topological polar surface area (TPSA) is 46.5 Å². The number of carbonyl (C=O) groups is 1. The summed E-state index contributed by atoms with van der Waals surface area (Å²) in [5.74, 6) is -1.58. The fourth-order valence-electron chi connectivity index (χ4n) is 2.49. The molecule has 23 heavy (non-hydrogen) atoms. The van der Waals surface area contributed by atoms with Gasteiger partial charge >= 0.3 is 12.1 Å². The number of ether oxygens (including phenoxy) is 1. The third kappa shape index (κ3) is 4.27. The molecule has 0 saturated carbocycles. The van der Waals surface area contributed by atoms with Crippen molar-refractivity contribution in [1.82, 2.24) is 0 Å². The Balaban J connectivity index is 2.14. The highest BCUT2D eigenvalue weighted by Crippen LogP contribution is 2.37. The second-order valence-corrected chi connectivity index (χ2v) is 5.48. The first-order chi connectivity index (χ1) is 11.3. The normalized spacial score (nSPS) is 17.8. The van der Waals surface area contributed by atoms with Crippen molar-refractivity contribution < 1.29 is 29.2 Å². The molecule has 0 amide bonds. The third-order valence-electron chi connectivity index (χ3n) is 3.68. The van der Waals surface area contributed by atoms with Crippen molar-refractivity contribution in [1.29, 1.82) is 0 Å². The van der Waals surface area contributed by atoms with Crippen LogP contribution >= 0.6 is 0 Å². The van der Waals surface area contributed by atoms with Crippen molar-refractivity contribution in [2.45, 2.75) is 51.3 Å². The van der Waals surface area contributed by atoms with Gasteiger partial charge in [-0.05, 0) is 30.5 Å². The maximum atomic E-state index is 13.0. The molecule has 0 bridgehead atoms. The maximum absolute atomic E-state index is 13.0. The molecule has 1 atom stereocenters. The molecule has 1 aromatic carbocycles. The van der Waals surface area contributed by atoms with Gasteiger partial charge in [-0.1, -0.05) is 38.3 Å². The minimum atomic E-state index is -4.78. The number of aliphatic carboxylic acids is 1. The van der Waals surface area contributed by atoms with E-state index in [-0.39, 0.29) is 5.75 Å². The van der Waals surface area contributed by atoms with E-state index in [9.17, 15) is 18.0 Å². The zero-order valence-electron chi connectivity index (χ0n) is 13.5. The highest BCUT2D eigenvalue weighted by Gasteiger charge is 2.48. The van der Waals surface area contributed by atoms with E-state index in [1.54, 1.807) is 18.2 Å². The molecule has 2 rings (SSSR count).